The Kier molecular flexibility index (Phi) is 4.62. The van der Waals surface area contributed by atoms with E-state index in [1.165, 1.54) is 35.6 Å². The summed E-state index contributed by atoms with van der Waals surface area (Å²) in [6.07, 6.45) is 0. The number of benzene rings is 1. The number of thiophene rings is 1. The van der Waals surface area contributed by atoms with Gasteiger partial charge in [-0.2, -0.15) is 0 Å². The Bertz CT molecular complexity index is 817. The second-order valence-electron chi connectivity index (χ2n) is 4.08. The van der Waals surface area contributed by atoms with Crippen molar-refractivity contribution >= 4 is 60.5 Å². The van der Waals surface area contributed by atoms with Gasteiger partial charge in [-0.25, -0.2) is 13.2 Å². The van der Waals surface area contributed by atoms with Crippen LogP contribution in [-0.4, -0.2) is 19.5 Å². The first kappa shape index (κ1) is 16.3. The van der Waals surface area contributed by atoms with Gasteiger partial charge in [0.15, 0.2) is 0 Å². The van der Waals surface area contributed by atoms with Crippen LogP contribution >= 0.6 is 38.9 Å². The summed E-state index contributed by atoms with van der Waals surface area (Å²) >= 11 is 10.5. The van der Waals surface area contributed by atoms with E-state index in [4.69, 9.17) is 16.7 Å². The molecule has 0 radical (unpaired) electrons. The lowest BCUT2D eigenvalue weighted by Gasteiger charge is -2.09. The zero-order valence-corrected chi connectivity index (χ0v) is 14.5. The van der Waals surface area contributed by atoms with Crippen molar-refractivity contribution in [2.75, 3.05) is 4.72 Å². The quantitative estimate of drug-likeness (QED) is 0.799. The number of nitrogens with one attached hydrogen (secondary N) is 1. The number of aryl methyl sites for hydroxylation is 1. The van der Waals surface area contributed by atoms with Crippen LogP contribution in [0.3, 0.4) is 0 Å². The first-order valence-electron chi connectivity index (χ1n) is 5.52. The van der Waals surface area contributed by atoms with E-state index in [1.807, 2.05) is 0 Å². The molecule has 0 bridgehead atoms. The standard InChI is InChI=1S/C12H9BrClNO4S2/c1-6-10(5-11(13)20-6)21(18,19)15-9-3-2-7(12(16)17)4-8(9)14/h2-5,15H,1H3,(H,16,17). The molecule has 0 aliphatic carbocycles. The van der Waals surface area contributed by atoms with Crippen LogP contribution in [0.15, 0.2) is 32.9 Å². The fourth-order valence-electron chi connectivity index (χ4n) is 1.63. The van der Waals surface area contributed by atoms with Gasteiger partial charge in [-0.3, -0.25) is 4.72 Å². The Hall–Kier alpha value is -1.09. The summed E-state index contributed by atoms with van der Waals surface area (Å²) < 4.78 is 27.7. The third kappa shape index (κ3) is 3.57. The molecule has 2 N–H and O–H groups in total. The molecule has 112 valence electrons. The van der Waals surface area contributed by atoms with Crippen molar-refractivity contribution in [3.05, 3.63) is 43.5 Å². The number of carbonyl (C=O) groups is 1. The maximum Gasteiger partial charge on any atom is 0.335 e. The summed E-state index contributed by atoms with van der Waals surface area (Å²) in [4.78, 5) is 11.6. The van der Waals surface area contributed by atoms with E-state index in [-0.39, 0.29) is 21.2 Å². The first-order valence-corrected chi connectivity index (χ1v) is 8.99. The van der Waals surface area contributed by atoms with Gasteiger partial charge in [0.25, 0.3) is 10.0 Å². The molecule has 9 heteroatoms. The lowest BCUT2D eigenvalue weighted by atomic mass is 10.2. The summed E-state index contributed by atoms with van der Waals surface area (Å²) in [6.45, 7) is 1.69. The van der Waals surface area contributed by atoms with Gasteiger partial charge in [-0.15, -0.1) is 11.3 Å². The van der Waals surface area contributed by atoms with Gasteiger partial charge in [0.1, 0.15) is 4.90 Å². The van der Waals surface area contributed by atoms with Crippen molar-refractivity contribution in [2.45, 2.75) is 11.8 Å². The molecule has 0 aliphatic heterocycles. The molecule has 1 aromatic carbocycles. The number of sulfonamides is 1. The molecule has 0 fully saturated rings. The van der Waals surface area contributed by atoms with Crippen LogP contribution in [0.1, 0.15) is 15.2 Å². The van der Waals surface area contributed by atoms with E-state index in [1.54, 1.807) is 6.92 Å². The SMILES string of the molecule is Cc1sc(Br)cc1S(=O)(=O)Nc1ccc(C(=O)O)cc1Cl. The Morgan fingerprint density at radius 2 is 2.05 bits per heavy atom. The first-order chi connectivity index (χ1) is 9.70. The lowest BCUT2D eigenvalue weighted by molar-refractivity contribution is 0.0697. The maximum atomic E-state index is 12.3. The van der Waals surface area contributed by atoms with Gasteiger partial charge in [-0.1, -0.05) is 11.6 Å². The number of carboxylic acid groups (broad SMARTS) is 1. The molecule has 1 aromatic heterocycles. The highest BCUT2D eigenvalue weighted by atomic mass is 79.9. The Labute approximate surface area is 138 Å². The van der Waals surface area contributed by atoms with Crippen molar-refractivity contribution in [3.63, 3.8) is 0 Å². The van der Waals surface area contributed by atoms with Gasteiger partial charge >= 0.3 is 5.97 Å². The number of halogens is 2. The zero-order valence-electron chi connectivity index (χ0n) is 10.6. The van der Waals surface area contributed by atoms with Crippen LogP contribution < -0.4 is 4.72 Å². The summed E-state index contributed by atoms with van der Waals surface area (Å²) in [5, 5.41) is 8.87. The van der Waals surface area contributed by atoms with E-state index >= 15 is 0 Å². The van der Waals surface area contributed by atoms with E-state index < -0.39 is 16.0 Å². The fourth-order valence-corrected chi connectivity index (χ4v) is 5.41. The predicted molar refractivity (Wildman–Crippen MR) is 86.0 cm³/mol. The molecule has 0 spiro atoms. The molecule has 2 aromatic rings. The molecule has 1 heterocycles. The maximum absolute atomic E-state index is 12.3. The minimum Gasteiger partial charge on any atom is -0.478 e. The van der Waals surface area contributed by atoms with Gasteiger partial charge < -0.3 is 5.11 Å². The molecular formula is C12H9BrClNO4S2. The number of anilines is 1. The largest absolute Gasteiger partial charge is 0.478 e. The van der Waals surface area contributed by atoms with Gasteiger partial charge in [0, 0.05) is 4.88 Å². The molecule has 0 unspecified atom stereocenters. The number of hydrogen-bond acceptors (Lipinski definition) is 4. The molecule has 0 aliphatic rings. The molecule has 21 heavy (non-hydrogen) atoms. The van der Waals surface area contributed by atoms with Crippen molar-refractivity contribution in [1.29, 1.82) is 0 Å². The molecule has 5 nitrogen and oxygen atoms in total. The third-order valence-electron chi connectivity index (χ3n) is 2.59. The summed E-state index contributed by atoms with van der Waals surface area (Å²) in [5.74, 6) is -1.14. The van der Waals surface area contributed by atoms with Crippen molar-refractivity contribution < 1.29 is 18.3 Å². The highest BCUT2D eigenvalue weighted by Crippen LogP contribution is 2.32. The van der Waals surface area contributed by atoms with E-state index in [0.717, 1.165) is 0 Å². The minimum atomic E-state index is -3.78. The molecule has 0 saturated carbocycles. The third-order valence-corrected chi connectivity index (χ3v) is 6.08. The number of aromatic carboxylic acids is 1. The van der Waals surface area contributed by atoms with Crippen LogP contribution in [0.5, 0.6) is 0 Å². The number of rotatable bonds is 4. The van der Waals surface area contributed by atoms with Gasteiger partial charge in [0.05, 0.1) is 20.1 Å². The fraction of sp³-hybridized carbons (Fsp3) is 0.0833. The molecular weight excluding hydrogens is 402 g/mol. The van der Waals surface area contributed by atoms with Crippen LogP contribution in [0, 0.1) is 6.92 Å². The Morgan fingerprint density at radius 3 is 2.52 bits per heavy atom. The lowest BCUT2D eigenvalue weighted by Crippen LogP contribution is -2.13. The number of hydrogen-bond donors (Lipinski definition) is 2. The normalized spacial score (nSPS) is 11.4. The smallest absolute Gasteiger partial charge is 0.335 e. The summed E-state index contributed by atoms with van der Waals surface area (Å²) in [5.41, 5.74) is 0.112. The average molecular weight is 411 g/mol. The molecule has 2 rings (SSSR count). The highest BCUT2D eigenvalue weighted by Gasteiger charge is 2.21. The Balaban J connectivity index is 2.37. The average Bonchev–Trinajstić information content (AvgIpc) is 2.71. The van der Waals surface area contributed by atoms with E-state index in [0.29, 0.717) is 8.66 Å². The molecule has 0 atom stereocenters. The van der Waals surface area contributed by atoms with Crippen LogP contribution in [0.25, 0.3) is 0 Å². The zero-order chi connectivity index (χ0) is 15.8. The molecule has 0 saturated heterocycles. The summed E-state index contributed by atoms with van der Waals surface area (Å²) in [7, 11) is -3.78. The second-order valence-corrected chi connectivity index (χ2v) is 8.77. The van der Waals surface area contributed by atoms with Crippen molar-refractivity contribution in [2.24, 2.45) is 0 Å². The van der Waals surface area contributed by atoms with E-state index in [2.05, 4.69) is 20.7 Å². The van der Waals surface area contributed by atoms with Gasteiger partial charge in [0.2, 0.25) is 0 Å². The van der Waals surface area contributed by atoms with Crippen LogP contribution in [0.2, 0.25) is 5.02 Å². The highest BCUT2D eigenvalue weighted by molar-refractivity contribution is 9.11. The second kappa shape index (κ2) is 5.96. The minimum absolute atomic E-state index is 0.0163. The van der Waals surface area contributed by atoms with Crippen molar-refractivity contribution in [3.8, 4) is 0 Å². The van der Waals surface area contributed by atoms with E-state index in [9.17, 15) is 13.2 Å². The number of carboxylic acids is 1. The summed E-state index contributed by atoms with van der Waals surface area (Å²) in [6, 6.07) is 5.29. The molecule has 0 amide bonds. The monoisotopic (exact) mass is 409 g/mol. The van der Waals surface area contributed by atoms with Crippen LogP contribution in [-0.2, 0) is 10.0 Å². The van der Waals surface area contributed by atoms with Crippen LogP contribution in [0.4, 0.5) is 5.69 Å². The predicted octanol–water partition coefficient (Wildman–Crippen LogP) is 3.97. The Morgan fingerprint density at radius 1 is 1.38 bits per heavy atom. The topological polar surface area (TPSA) is 83.5 Å². The van der Waals surface area contributed by atoms with Crippen molar-refractivity contribution in [1.82, 2.24) is 0 Å². The van der Waals surface area contributed by atoms with Gasteiger partial charge in [-0.05, 0) is 47.1 Å².